The van der Waals surface area contributed by atoms with Crippen LogP contribution in [-0.2, 0) is 14.3 Å². The highest BCUT2D eigenvalue weighted by atomic mass is 35.5. The van der Waals surface area contributed by atoms with Crippen molar-refractivity contribution in [1.29, 1.82) is 0 Å². The molecule has 0 saturated carbocycles. The van der Waals surface area contributed by atoms with E-state index in [-0.39, 0.29) is 30.0 Å². The number of halogens is 1. The zero-order chi connectivity index (χ0) is 15.0. The standard InChI is InChI=1S/C13H18ClN3O3/c1-3-17(8-6-12(19)20-2)9-11(18)16-10-5-4-7-15-13(10)14/h4-5,7H,3,6,8-9H2,1-2H3,(H,16,18). The normalized spacial score (nSPS) is 10.4. The number of anilines is 1. The van der Waals surface area contributed by atoms with E-state index in [1.165, 1.54) is 7.11 Å². The Kier molecular flexibility index (Phi) is 6.97. The van der Waals surface area contributed by atoms with Crippen LogP contribution in [0.15, 0.2) is 18.3 Å². The molecule has 0 bridgehead atoms. The van der Waals surface area contributed by atoms with Crippen molar-refractivity contribution in [2.24, 2.45) is 0 Å². The quantitative estimate of drug-likeness (QED) is 0.611. The number of pyridine rings is 1. The first-order chi connectivity index (χ1) is 9.56. The van der Waals surface area contributed by atoms with Crippen molar-refractivity contribution in [3.63, 3.8) is 0 Å². The molecule has 0 saturated heterocycles. The maximum atomic E-state index is 11.9. The maximum absolute atomic E-state index is 11.9. The molecular formula is C13H18ClN3O3. The minimum absolute atomic E-state index is 0.179. The molecule has 0 atom stereocenters. The van der Waals surface area contributed by atoms with Crippen LogP contribution in [0.25, 0.3) is 0 Å². The monoisotopic (exact) mass is 299 g/mol. The molecule has 0 aliphatic carbocycles. The van der Waals surface area contributed by atoms with Crippen LogP contribution in [0.5, 0.6) is 0 Å². The Morgan fingerprint density at radius 1 is 1.50 bits per heavy atom. The van der Waals surface area contributed by atoms with Gasteiger partial charge in [0.2, 0.25) is 5.91 Å². The van der Waals surface area contributed by atoms with Crippen molar-refractivity contribution < 1.29 is 14.3 Å². The summed E-state index contributed by atoms with van der Waals surface area (Å²) in [5.74, 6) is -0.495. The predicted octanol–water partition coefficient (Wildman–Crippen LogP) is 1.56. The molecule has 0 unspecified atom stereocenters. The number of carbonyl (C=O) groups is 2. The molecular weight excluding hydrogens is 282 g/mol. The highest BCUT2D eigenvalue weighted by Crippen LogP contribution is 2.17. The van der Waals surface area contributed by atoms with Gasteiger partial charge in [0.1, 0.15) is 0 Å². The van der Waals surface area contributed by atoms with E-state index in [1.54, 1.807) is 18.3 Å². The largest absolute Gasteiger partial charge is 0.469 e. The average Bonchev–Trinajstić information content (AvgIpc) is 2.45. The van der Waals surface area contributed by atoms with E-state index in [1.807, 2.05) is 11.8 Å². The summed E-state index contributed by atoms with van der Waals surface area (Å²) < 4.78 is 4.57. The van der Waals surface area contributed by atoms with E-state index in [9.17, 15) is 9.59 Å². The van der Waals surface area contributed by atoms with E-state index in [0.717, 1.165) is 0 Å². The van der Waals surface area contributed by atoms with E-state index < -0.39 is 0 Å². The second kappa shape index (κ2) is 8.50. The highest BCUT2D eigenvalue weighted by Gasteiger charge is 2.12. The number of amides is 1. The maximum Gasteiger partial charge on any atom is 0.306 e. The molecule has 0 radical (unpaired) electrons. The summed E-state index contributed by atoms with van der Waals surface area (Å²) in [5.41, 5.74) is 0.475. The van der Waals surface area contributed by atoms with Crippen molar-refractivity contribution in [2.75, 3.05) is 32.1 Å². The zero-order valence-corrected chi connectivity index (χ0v) is 12.3. The second-order valence-electron chi connectivity index (χ2n) is 4.08. The highest BCUT2D eigenvalue weighted by molar-refractivity contribution is 6.32. The van der Waals surface area contributed by atoms with Gasteiger partial charge in [-0.1, -0.05) is 18.5 Å². The van der Waals surface area contributed by atoms with Crippen LogP contribution < -0.4 is 5.32 Å². The molecule has 6 nitrogen and oxygen atoms in total. The Hall–Kier alpha value is -1.66. The summed E-state index contributed by atoms with van der Waals surface area (Å²) in [6.45, 7) is 3.23. The van der Waals surface area contributed by atoms with E-state index >= 15 is 0 Å². The van der Waals surface area contributed by atoms with Crippen molar-refractivity contribution in [1.82, 2.24) is 9.88 Å². The van der Waals surface area contributed by atoms with Gasteiger partial charge in [-0.2, -0.15) is 0 Å². The van der Waals surface area contributed by atoms with Crippen molar-refractivity contribution in [3.05, 3.63) is 23.5 Å². The number of esters is 1. The smallest absolute Gasteiger partial charge is 0.306 e. The van der Waals surface area contributed by atoms with Gasteiger partial charge >= 0.3 is 5.97 Å². The number of methoxy groups -OCH3 is 1. The third kappa shape index (κ3) is 5.54. The molecule has 0 spiro atoms. The number of nitrogens with zero attached hydrogens (tertiary/aromatic N) is 2. The number of nitrogens with one attached hydrogen (secondary N) is 1. The molecule has 1 amide bonds. The van der Waals surface area contributed by atoms with Crippen molar-refractivity contribution >= 4 is 29.2 Å². The van der Waals surface area contributed by atoms with E-state index in [0.29, 0.717) is 18.8 Å². The molecule has 20 heavy (non-hydrogen) atoms. The lowest BCUT2D eigenvalue weighted by molar-refractivity contribution is -0.141. The topological polar surface area (TPSA) is 71.5 Å². The number of ether oxygens (including phenoxy) is 1. The van der Waals surface area contributed by atoms with Gasteiger partial charge in [0.25, 0.3) is 0 Å². The molecule has 7 heteroatoms. The summed E-state index contributed by atoms with van der Waals surface area (Å²) in [7, 11) is 1.34. The number of rotatable bonds is 7. The molecule has 1 N–H and O–H groups in total. The van der Waals surface area contributed by atoms with Crippen LogP contribution in [0.2, 0.25) is 5.15 Å². The number of hydrogen-bond donors (Lipinski definition) is 1. The van der Waals surface area contributed by atoms with Crippen LogP contribution in [0.3, 0.4) is 0 Å². The Morgan fingerprint density at radius 3 is 2.85 bits per heavy atom. The lowest BCUT2D eigenvalue weighted by atomic mass is 10.3. The van der Waals surface area contributed by atoms with E-state index in [4.69, 9.17) is 11.6 Å². The third-order valence-electron chi connectivity index (χ3n) is 2.71. The minimum Gasteiger partial charge on any atom is -0.469 e. The van der Waals surface area contributed by atoms with Crippen LogP contribution in [0, 0.1) is 0 Å². The minimum atomic E-state index is -0.292. The summed E-state index contributed by atoms with van der Waals surface area (Å²) in [4.78, 5) is 28.7. The van der Waals surface area contributed by atoms with Crippen LogP contribution in [-0.4, -0.2) is 48.5 Å². The third-order valence-corrected chi connectivity index (χ3v) is 3.01. The van der Waals surface area contributed by atoms with Gasteiger partial charge in [-0.25, -0.2) is 4.98 Å². The molecule has 0 aromatic carbocycles. The van der Waals surface area contributed by atoms with Crippen LogP contribution in [0.4, 0.5) is 5.69 Å². The number of aromatic nitrogens is 1. The van der Waals surface area contributed by atoms with Crippen LogP contribution >= 0.6 is 11.6 Å². The molecule has 0 fully saturated rings. The SMILES string of the molecule is CCN(CCC(=O)OC)CC(=O)Nc1cccnc1Cl. The van der Waals surface area contributed by atoms with Gasteiger partial charge < -0.3 is 10.1 Å². The first-order valence-electron chi connectivity index (χ1n) is 6.26. The Morgan fingerprint density at radius 2 is 2.25 bits per heavy atom. The Balaban J connectivity index is 2.47. The van der Waals surface area contributed by atoms with Gasteiger partial charge in [-0.15, -0.1) is 0 Å². The summed E-state index contributed by atoms with van der Waals surface area (Å²) >= 11 is 5.86. The fourth-order valence-electron chi connectivity index (χ4n) is 1.57. The fraction of sp³-hybridized carbons (Fsp3) is 0.462. The van der Waals surface area contributed by atoms with Gasteiger partial charge in [-0.3, -0.25) is 14.5 Å². The van der Waals surface area contributed by atoms with Gasteiger partial charge in [0.05, 0.1) is 25.8 Å². The zero-order valence-electron chi connectivity index (χ0n) is 11.6. The average molecular weight is 300 g/mol. The summed E-state index contributed by atoms with van der Waals surface area (Å²) in [6, 6.07) is 3.37. The predicted molar refractivity (Wildman–Crippen MR) is 76.6 cm³/mol. The fourth-order valence-corrected chi connectivity index (χ4v) is 1.74. The van der Waals surface area contributed by atoms with Gasteiger partial charge in [-0.05, 0) is 18.7 Å². The molecule has 1 aromatic rings. The van der Waals surface area contributed by atoms with Gasteiger partial charge in [0, 0.05) is 12.7 Å². The Labute approximate surface area is 123 Å². The van der Waals surface area contributed by atoms with Crippen molar-refractivity contribution in [3.8, 4) is 0 Å². The lowest BCUT2D eigenvalue weighted by Crippen LogP contribution is -2.34. The van der Waals surface area contributed by atoms with Crippen LogP contribution in [0.1, 0.15) is 13.3 Å². The summed E-state index contributed by atoms with van der Waals surface area (Å²) in [5, 5.41) is 2.93. The molecule has 1 aromatic heterocycles. The second-order valence-corrected chi connectivity index (χ2v) is 4.44. The number of carbonyl (C=O) groups excluding carboxylic acids is 2. The molecule has 110 valence electrons. The number of likely N-dealkylation sites (N-methyl/N-ethyl adjacent to an activating group) is 1. The first kappa shape index (κ1) is 16.4. The van der Waals surface area contributed by atoms with Gasteiger partial charge in [0.15, 0.2) is 5.15 Å². The Bertz CT molecular complexity index is 468. The number of hydrogen-bond acceptors (Lipinski definition) is 5. The first-order valence-corrected chi connectivity index (χ1v) is 6.64. The van der Waals surface area contributed by atoms with E-state index in [2.05, 4.69) is 15.0 Å². The van der Waals surface area contributed by atoms with Crippen molar-refractivity contribution in [2.45, 2.75) is 13.3 Å². The summed E-state index contributed by atoms with van der Waals surface area (Å²) in [6.07, 6.45) is 1.80. The molecule has 0 aliphatic rings. The molecule has 1 rings (SSSR count). The molecule has 0 aliphatic heterocycles. The lowest BCUT2D eigenvalue weighted by Gasteiger charge is -2.19. The molecule has 1 heterocycles.